The Morgan fingerprint density at radius 3 is 2.31 bits per heavy atom. The Morgan fingerprint density at radius 2 is 1.74 bits per heavy atom. The molecule has 0 bridgehead atoms. The van der Waals surface area contributed by atoms with Gasteiger partial charge in [-0.25, -0.2) is 0 Å². The molecule has 1 aliphatic heterocycles. The van der Waals surface area contributed by atoms with Crippen LogP contribution in [0, 0.1) is 0 Å². The van der Waals surface area contributed by atoms with Gasteiger partial charge >= 0.3 is 0 Å². The Bertz CT molecular complexity index is 1420. The molecule has 2 aromatic carbocycles. The third-order valence-corrected chi connectivity index (χ3v) is 7.41. The van der Waals surface area contributed by atoms with Gasteiger partial charge in [-0.3, -0.25) is 19.3 Å². The monoisotopic (exact) mass is 553 g/mol. The van der Waals surface area contributed by atoms with E-state index in [1.807, 2.05) is 77.5 Å². The number of nitrogens with one attached hydrogen (secondary N) is 1. The van der Waals surface area contributed by atoms with E-state index in [4.69, 9.17) is 0 Å². The van der Waals surface area contributed by atoms with Crippen LogP contribution in [0.5, 0.6) is 0 Å². The summed E-state index contributed by atoms with van der Waals surface area (Å²) >= 11 is 2.50. The van der Waals surface area contributed by atoms with Crippen molar-refractivity contribution in [3.05, 3.63) is 136 Å². The van der Waals surface area contributed by atoms with Crippen LogP contribution in [0.15, 0.2) is 125 Å². The second kappa shape index (κ2) is 13.5. The topological polar surface area (TPSA) is 78.8 Å². The van der Waals surface area contributed by atoms with E-state index in [9.17, 15) is 14.4 Å². The molecule has 1 aliphatic rings. The number of hydrogen-bond donors (Lipinski definition) is 1. The van der Waals surface area contributed by atoms with Crippen LogP contribution in [-0.4, -0.2) is 33.5 Å². The Morgan fingerprint density at radius 1 is 1.08 bits per heavy atom. The van der Waals surface area contributed by atoms with Crippen molar-refractivity contribution in [3.63, 3.8) is 0 Å². The van der Waals surface area contributed by atoms with Crippen molar-refractivity contribution >= 4 is 52.1 Å². The lowest BCUT2D eigenvalue weighted by molar-refractivity contribution is -0.126. The van der Waals surface area contributed by atoms with Crippen LogP contribution in [-0.2, 0) is 14.4 Å². The Balaban J connectivity index is 1.59. The van der Waals surface area contributed by atoms with Gasteiger partial charge in [-0.1, -0.05) is 97.2 Å². The van der Waals surface area contributed by atoms with Crippen LogP contribution >= 0.6 is 23.1 Å². The highest BCUT2D eigenvalue weighted by molar-refractivity contribution is 8.14. The van der Waals surface area contributed by atoms with E-state index in [-0.39, 0.29) is 28.4 Å². The lowest BCUT2D eigenvalue weighted by Gasteiger charge is -2.28. The van der Waals surface area contributed by atoms with Crippen molar-refractivity contribution < 1.29 is 14.4 Å². The SMILES string of the molecule is C=C/C=C\C(=C/C)N1C(=O)/C(=C/c2ccsc2)C(=O)N=C1SCC(=O)NC(c1ccccc1)c1ccccc1. The standard InChI is InChI=1S/C31H27N3O3S2/c1-3-5-16-25(4-2)34-30(37)26(19-22-17-18-38-20-22)29(36)33-31(34)39-21-27(35)32-28(23-12-8-6-9-13-23)24-14-10-7-11-15-24/h3-20,28H,1,21H2,2H3,(H,32,35)/b16-5-,25-4+,26-19+. The number of carbonyl (C=O) groups is 3. The molecule has 0 spiro atoms. The van der Waals surface area contributed by atoms with E-state index in [1.54, 1.807) is 37.3 Å². The second-order valence-electron chi connectivity index (χ2n) is 8.37. The minimum Gasteiger partial charge on any atom is -0.344 e. The van der Waals surface area contributed by atoms with E-state index < -0.39 is 11.8 Å². The molecular formula is C31H27N3O3S2. The highest BCUT2D eigenvalue weighted by Gasteiger charge is 2.35. The molecule has 0 saturated heterocycles. The van der Waals surface area contributed by atoms with Gasteiger partial charge < -0.3 is 5.32 Å². The first-order valence-electron chi connectivity index (χ1n) is 12.2. The van der Waals surface area contributed by atoms with E-state index in [2.05, 4.69) is 16.9 Å². The fourth-order valence-electron chi connectivity index (χ4n) is 3.92. The number of allylic oxidation sites excluding steroid dienone is 4. The highest BCUT2D eigenvalue weighted by atomic mass is 32.2. The van der Waals surface area contributed by atoms with Crippen LogP contribution in [0.1, 0.15) is 29.7 Å². The van der Waals surface area contributed by atoms with Crippen molar-refractivity contribution in [3.8, 4) is 0 Å². The summed E-state index contributed by atoms with van der Waals surface area (Å²) in [5, 5.41) is 6.94. The third kappa shape index (κ3) is 6.98. The highest BCUT2D eigenvalue weighted by Crippen LogP contribution is 2.27. The van der Waals surface area contributed by atoms with Gasteiger partial charge in [0.25, 0.3) is 11.8 Å². The Hall–Kier alpha value is -4.27. The Labute approximate surface area is 236 Å². The number of rotatable bonds is 9. The lowest BCUT2D eigenvalue weighted by atomic mass is 9.99. The number of benzene rings is 2. The summed E-state index contributed by atoms with van der Waals surface area (Å²) in [6.45, 7) is 5.48. The van der Waals surface area contributed by atoms with Crippen molar-refractivity contribution in [2.75, 3.05) is 5.75 Å². The number of carbonyl (C=O) groups excluding carboxylic acids is 3. The van der Waals surface area contributed by atoms with Gasteiger partial charge in [0.05, 0.1) is 11.8 Å². The first-order chi connectivity index (χ1) is 19.0. The van der Waals surface area contributed by atoms with Gasteiger partial charge in [-0.2, -0.15) is 16.3 Å². The molecule has 3 amide bonds. The van der Waals surface area contributed by atoms with Crippen molar-refractivity contribution in [1.82, 2.24) is 10.2 Å². The summed E-state index contributed by atoms with van der Waals surface area (Å²) < 4.78 is 0. The summed E-state index contributed by atoms with van der Waals surface area (Å²) in [6.07, 6.45) is 8.28. The molecule has 0 fully saturated rings. The minimum atomic E-state index is -0.639. The van der Waals surface area contributed by atoms with Crippen molar-refractivity contribution in [2.24, 2.45) is 4.99 Å². The molecule has 0 unspecified atom stereocenters. The third-order valence-electron chi connectivity index (χ3n) is 5.77. The van der Waals surface area contributed by atoms with Crippen LogP contribution < -0.4 is 5.32 Å². The van der Waals surface area contributed by atoms with Gasteiger partial charge in [0.2, 0.25) is 5.91 Å². The number of amides is 3. The summed E-state index contributed by atoms with van der Waals surface area (Å²) in [5.41, 5.74) is 3.11. The molecule has 8 heteroatoms. The van der Waals surface area contributed by atoms with Crippen LogP contribution in [0.4, 0.5) is 0 Å². The molecule has 0 atom stereocenters. The zero-order chi connectivity index (χ0) is 27.6. The zero-order valence-corrected chi connectivity index (χ0v) is 23.0. The quantitative estimate of drug-likeness (QED) is 0.196. The maximum absolute atomic E-state index is 13.6. The van der Waals surface area contributed by atoms with Gasteiger partial charge in [0.1, 0.15) is 5.57 Å². The molecule has 0 aliphatic carbocycles. The van der Waals surface area contributed by atoms with Gasteiger partial charge in [-0.05, 0) is 52.6 Å². The van der Waals surface area contributed by atoms with Crippen molar-refractivity contribution in [2.45, 2.75) is 13.0 Å². The second-order valence-corrected chi connectivity index (χ2v) is 10.1. The largest absolute Gasteiger partial charge is 0.344 e. The van der Waals surface area contributed by atoms with Crippen LogP contribution in [0.3, 0.4) is 0 Å². The molecular weight excluding hydrogens is 526 g/mol. The first-order valence-corrected chi connectivity index (χ1v) is 14.1. The minimum absolute atomic E-state index is 0.0400. The maximum Gasteiger partial charge on any atom is 0.285 e. The summed E-state index contributed by atoms with van der Waals surface area (Å²) in [4.78, 5) is 45.3. The molecule has 2 heterocycles. The van der Waals surface area contributed by atoms with E-state index in [0.29, 0.717) is 5.70 Å². The zero-order valence-electron chi connectivity index (χ0n) is 21.3. The number of aliphatic imine (C=N–C) groups is 1. The summed E-state index contributed by atoms with van der Waals surface area (Å²) in [7, 11) is 0. The number of amidine groups is 1. The average molecular weight is 554 g/mol. The van der Waals surface area contributed by atoms with Crippen LogP contribution in [0.2, 0.25) is 0 Å². The smallest absolute Gasteiger partial charge is 0.285 e. The molecule has 39 heavy (non-hydrogen) atoms. The molecule has 0 radical (unpaired) electrons. The normalized spacial score (nSPS) is 15.2. The van der Waals surface area contributed by atoms with Gasteiger partial charge in [-0.15, -0.1) is 0 Å². The molecule has 1 N–H and O–H groups in total. The fourth-order valence-corrected chi connectivity index (χ4v) is 5.34. The summed E-state index contributed by atoms with van der Waals surface area (Å²) in [6, 6.07) is 20.9. The summed E-state index contributed by atoms with van der Waals surface area (Å²) in [5.74, 6) is -1.45. The van der Waals surface area contributed by atoms with E-state index in [1.165, 1.54) is 16.2 Å². The molecule has 3 aromatic rings. The van der Waals surface area contributed by atoms with E-state index in [0.717, 1.165) is 28.5 Å². The number of nitrogens with zero attached hydrogens (tertiary/aromatic N) is 2. The van der Waals surface area contributed by atoms with Crippen molar-refractivity contribution in [1.29, 1.82) is 0 Å². The van der Waals surface area contributed by atoms with Gasteiger partial charge in [0.15, 0.2) is 5.17 Å². The first kappa shape index (κ1) is 27.8. The van der Waals surface area contributed by atoms with Gasteiger partial charge in [0, 0.05) is 5.70 Å². The van der Waals surface area contributed by atoms with Crippen LogP contribution in [0.25, 0.3) is 6.08 Å². The molecule has 1 aromatic heterocycles. The number of thiophene rings is 1. The molecule has 4 rings (SSSR count). The fraction of sp³-hybridized carbons (Fsp3) is 0.0968. The predicted octanol–water partition coefficient (Wildman–Crippen LogP) is 6.14. The molecule has 6 nitrogen and oxygen atoms in total. The predicted molar refractivity (Wildman–Crippen MR) is 160 cm³/mol. The lowest BCUT2D eigenvalue weighted by Crippen LogP contribution is -2.42. The maximum atomic E-state index is 13.6. The Kier molecular flexibility index (Phi) is 9.61. The number of hydrogen-bond acceptors (Lipinski definition) is 5. The average Bonchev–Trinajstić information content (AvgIpc) is 3.48. The molecule has 196 valence electrons. The molecule has 0 saturated carbocycles. The van der Waals surface area contributed by atoms with E-state index >= 15 is 0 Å². The number of thioether (sulfide) groups is 1.